The summed E-state index contributed by atoms with van der Waals surface area (Å²) in [7, 11) is 0. The van der Waals surface area contributed by atoms with Crippen LogP contribution in [0, 0.1) is 0 Å². The van der Waals surface area contributed by atoms with Crippen LogP contribution in [-0.2, 0) is 35.3 Å². The molecule has 13 nitrogen and oxygen atoms in total. The SMILES string of the molecule is C[C@H](NC(=O)OCc1ccccc1)C(=O)N[C@@H](C)C(=O)NN(CC(N)=O)C(=O)/C=C/C(=O)N1CC=C(c2ccccc2)CC1. The third kappa shape index (κ3) is 10.4. The van der Waals surface area contributed by atoms with E-state index in [1.807, 2.05) is 42.5 Å². The molecule has 3 rings (SSSR count). The highest BCUT2D eigenvalue weighted by Gasteiger charge is 2.25. The molecule has 0 bridgehead atoms. The van der Waals surface area contributed by atoms with Gasteiger partial charge in [-0.25, -0.2) is 9.80 Å². The summed E-state index contributed by atoms with van der Waals surface area (Å²) < 4.78 is 5.09. The minimum Gasteiger partial charge on any atom is -0.445 e. The Hall–Kier alpha value is -5.46. The molecule has 2 aromatic carbocycles. The van der Waals surface area contributed by atoms with Gasteiger partial charge in [0.15, 0.2) is 0 Å². The van der Waals surface area contributed by atoms with E-state index in [2.05, 4.69) is 16.1 Å². The maximum Gasteiger partial charge on any atom is 0.408 e. The van der Waals surface area contributed by atoms with E-state index in [1.54, 1.807) is 29.2 Å². The highest BCUT2D eigenvalue weighted by molar-refractivity contribution is 5.99. The third-order valence-electron chi connectivity index (χ3n) is 6.55. The van der Waals surface area contributed by atoms with Crippen LogP contribution in [0.2, 0.25) is 0 Å². The molecule has 1 aliphatic rings. The second kappa shape index (κ2) is 16.2. The maximum atomic E-state index is 12.8. The fourth-order valence-electron chi connectivity index (χ4n) is 4.09. The summed E-state index contributed by atoms with van der Waals surface area (Å²) in [5.41, 5.74) is 10.4. The molecular weight excluding hydrogens is 568 g/mol. The van der Waals surface area contributed by atoms with E-state index < -0.39 is 54.3 Å². The van der Waals surface area contributed by atoms with Crippen LogP contribution >= 0.6 is 0 Å². The molecule has 13 heteroatoms. The van der Waals surface area contributed by atoms with Crippen molar-refractivity contribution in [3.63, 3.8) is 0 Å². The molecule has 0 aromatic heterocycles. The van der Waals surface area contributed by atoms with Gasteiger partial charge >= 0.3 is 6.09 Å². The molecule has 0 saturated carbocycles. The number of amides is 6. The van der Waals surface area contributed by atoms with E-state index in [9.17, 15) is 28.8 Å². The zero-order chi connectivity index (χ0) is 32.1. The Balaban J connectivity index is 1.49. The number of hydrazine groups is 1. The van der Waals surface area contributed by atoms with E-state index >= 15 is 0 Å². The van der Waals surface area contributed by atoms with Crippen molar-refractivity contribution in [2.75, 3.05) is 19.6 Å². The van der Waals surface area contributed by atoms with Crippen LogP contribution in [0.5, 0.6) is 0 Å². The van der Waals surface area contributed by atoms with Gasteiger partial charge in [0.05, 0.1) is 0 Å². The first-order chi connectivity index (χ1) is 21.0. The van der Waals surface area contributed by atoms with Crippen LogP contribution in [0.25, 0.3) is 5.57 Å². The highest BCUT2D eigenvalue weighted by Crippen LogP contribution is 2.22. The number of rotatable bonds is 11. The van der Waals surface area contributed by atoms with E-state index in [0.29, 0.717) is 24.5 Å². The van der Waals surface area contributed by atoms with Crippen LogP contribution in [0.4, 0.5) is 4.79 Å². The van der Waals surface area contributed by atoms with Crippen LogP contribution in [0.3, 0.4) is 0 Å². The molecule has 0 aliphatic carbocycles. The number of hydrogen-bond donors (Lipinski definition) is 4. The van der Waals surface area contributed by atoms with Crippen LogP contribution in [0.1, 0.15) is 31.4 Å². The summed E-state index contributed by atoms with van der Waals surface area (Å²) in [6.07, 6.45) is 3.75. The smallest absolute Gasteiger partial charge is 0.408 e. The molecule has 5 N–H and O–H groups in total. The molecule has 6 amide bonds. The van der Waals surface area contributed by atoms with Gasteiger partial charge in [0.1, 0.15) is 25.2 Å². The topological polar surface area (TPSA) is 180 Å². The Morgan fingerprint density at radius 1 is 0.909 bits per heavy atom. The average molecular weight is 605 g/mol. The molecule has 0 radical (unpaired) electrons. The van der Waals surface area contributed by atoms with E-state index in [-0.39, 0.29) is 6.61 Å². The molecule has 0 spiro atoms. The van der Waals surface area contributed by atoms with Gasteiger partial charge in [0.25, 0.3) is 11.8 Å². The number of alkyl carbamates (subject to hydrolysis) is 1. The number of nitrogens with one attached hydrogen (secondary N) is 3. The highest BCUT2D eigenvalue weighted by atomic mass is 16.5. The number of ether oxygens (including phenoxy) is 1. The molecule has 0 saturated heterocycles. The molecule has 0 fully saturated rings. The zero-order valence-electron chi connectivity index (χ0n) is 24.5. The van der Waals surface area contributed by atoms with E-state index in [4.69, 9.17) is 10.5 Å². The number of nitrogens with two attached hydrogens (primary N) is 1. The molecular formula is C31H36N6O7. The molecule has 232 valence electrons. The average Bonchev–Trinajstić information content (AvgIpc) is 3.02. The Labute approximate surface area is 255 Å². The quantitative estimate of drug-likeness (QED) is 0.218. The minimum absolute atomic E-state index is 0.00780. The lowest BCUT2D eigenvalue weighted by Crippen LogP contribution is -2.56. The molecule has 1 heterocycles. The predicted octanol–water partition coefficient (Wildman–Crippen LogP) is 1.02. The molecule has 44 heavy (non-hydrogen) atoms. The first kappa shape index (κ1) is 33.0. The Bertz CT molecular complexity index is 1410. The summed E-state index contributed by atoms with van der Waals surface area (Å²) in [4.78, 5) is 75.8. The first-order valence-corrected chi connectivity index (χ1v) is 13.9. The molecule has 0 unspecified atom stereocenters. The van der Waals surface area contributed by atoms with E-state index in [1.165, 1.54) is 13.8 Å². The van der Waals surface area contributed by atoms with Crippen molar-refractivity contribution >= 4 is 41.2 Å². The molecule has 2 aromatic rings. The van der Waals surface area contributed by atoms with Crippen molar-refractivity contribution in [2.45, 2.75) is 39.0 Å². The standard InChI is InChI=1S/C31H36N6O7/c1-21(34-31(43)44-20-23-9-5-3-6-10-23)29(41)33-22(2)30(42)35-37(19-26(32)38)28(40)14-13-27(39)36-17-15-25(16-18-36)24-11-7-4-8-12-24/h3-15,21-22H,16-20H2,1-2H3,(H2,32,38)(H,33,41)(H,34,43)(H,35,42)/b14-13+/t21-,22-/m0/s1. The number of carbonyl (C=O) groups is 6. The fraction of sp³-hybridized carbons (Fsp3) is 0.290. The van der Waals surface area contributed by atoms with Gasteiger partial charge < -0.3 is 26.0 Å². The maximum absolute atomic E-state index is 12.8. The Morgan fingerprint density at radius 2 is 1.55 bits per heavy atom. The fourth-order valence-corrected chi connectivity index (χ4v) is 4.09. The minimum atomic E-state index is -1.18. The Morgan fingerprint density at radius 3 is 2.16 bits per heavy atom. The normalized spacial score (nSPS) is 14.0. The van der Waals surface area contributed by atoms with Gasteiger partial charge in [-0.2, -0.15) is 0 Å². The van der Waals surface area contributed by atoms with Crippen LogP contribution < -0.4 is 21.8 Å². The van der Waals surface area contributed by atoms with E-state index in [0.717, 1.165) is 28.9 Å². The second-order valence-electron chi connectivity index (χ2n) is 9.99. The number of nitrogens with zero attached hydrogens (tertiary/aromatic N) is 2. The number of carbonyl (C=O) groups excluding carboxylic acids is 6. The number of hydrogen-bond acceptors (Lipinski definition) is 7. The van der Waals surface area contributed by atoms with Crippen molar-refractivity contribution in [3.05, 3.63) is 90.0 Å². The van der Waals surface area contributed by atoms with Gasteiger partial charge in [0.2, 0.25) is 17.7 Å². The largest absolute Gasteiger partial charge is 0.445 e. The van der Waals surface area contributed by atoms with Crippen molar-refractivity contribution in [3.8, 4) is 0 Å². The molecule has 1 aliphatic heterocycles. The van der Waals surface area contributed by atoms with Gasteiger partial charge in [0, 0.05) is 25.2 Å². The van der Waals surface area contributed by atoms with Gasteiger partial charge in [-0.3, -0.25) is 29.4 Å². The number of benzene rings is 2. The van der Waals surface area contributed by atoms with Crippen molar-refractivity contribution < 1.29 is 33.5 Å². The summed E-state index contributed by atoms with van der Waals surface area (Å²) in [5, 5.41) is 5.41. The Kier molecular flexibility index (Phi) is 12.2. The predicted molar refractivity (Wildman–Crippen MR) is 161 cm³/mol. The van der Waals surface area contributed by atoms with Gasteiger partial charge in [-0.05, 0) is 37.0 Å². The van der Waals surface area contributed by atoms with Gasteiger partial charge in [-0.1, -0.05) is 66.7 Å². The van der Waals surface area contributed by atoms with Gasteiger partial charge in [-0.15, -0.1) is 0 Å². The summed E-state index contributed by atoms with van der Waals surface area (Å²) in [6.45, 7) is 2.88. The lowest BCUT2D eigenvalue weighted by molar-refractivity contribution is -0.142. The lowest BCUT2D eigenvalue weighted by atomic mass is 9.99. The van der Waals surface area contributed by atoms with Crippen molar-refractivity contribution in [1.29, 1.82) is 0 Å². The van der Waals surface area contributed by atoms with Crippen LogP contribution in [0.15, 0.2) is 78.9 Å². The van der Waals surface area contributed by atoms with Crippen LogP contribution in [-0.4, -0.2) is 77.3 Å². The summed E-state index contributed by atoms with van der Waals surface area (Å²) >= 11 is 0. The van der Waals surface area contributed by atoms with Crippen molar-refractivity contribution in [1.82, 2.24) is 26.0 Å². The summed E-state index contributed by atoms with van der Waals surface area (Å²) in [6, 6.07) is 16.5. The first-order valence-electron chi connectivity index (χ1n) is 13.9. The second-order valence-corrected chi connectivity index (χ2v) is 9.99. The third-order valence-corrected chi connectivity index (χ3v) is 6.55. The lowest BCUT2D eigenvalue weighted by Gasteiger charge is -2.26. The summed E-state index contributed by atoms with van der Waals surface area (Å²) in [5.74, 6) is -3.76. The zero-order valence-corrected chi connectivity index (χ0v) is 24.5. The molecule has 2 atom stereocenters. The van der Waals surface area contributed by atoms with Crippen molar-refractivity contribution in [2.24, 2.45) is 5.73 Å². The monoisotopic (exact) mass is 604 g/mol. The number of primary amides is 1.